The Labute approximate surface area is 96.9 Å². The fourth-order valence-electron chi connectivity index (χ4n) is 1.33. The second-order valence-corrected chi connectivity index (χ2v) is 5.03. The Morgan fingerprint density at radius 1 is 1.47 bits per heavy atom. The molecule has 1 rings (SSSR count). The maximum atomic E-state index is 4.46. The lowest BCUT2D eigenvalue weighted by atomic mass is 10.3. The van der Waals surface area contributed by atoms with Crippen molar-refractivity contribution in [3.8, 4) is 0 Å². The van der Waals surface area contributed by atoms with E-state index in [9.17, 15) is 0 Å². The van der Waals surface area contributed by atoms with Crippen LogP contribution in [-0.2, 0) is 6.54 Å². The third-order valence-corrected chi connectivity index (χ3v) is 3.29. The SMILES string of the molecule is CCSCC(C)NCc1cccc(C)n1. The molecular weight excluding hydrogens is 204 g/mol. The van der Waals surface area contributed by atoms with Gasteiger partial charge >= 0.3 is 0 Å². The molecule has 0 radical (unpaired) electrons. The van der Waals surface area contributed by atoms with E-state index in [-0.39, 0.29) is 0 Å². The van der Waals surface area contributed by atoms with Crippen LogP contribution in [0.15, 0.2) is 18.2 Å². The van der Waals surface area contributed by atoms with Crippen LogP contribution in [0.1, 0.15) is 25.2 Å². The molecule has 0 saturated carbocycles. The van der Waals surface area contributed by atoms with Gasteiger partial charge in [0.05, 0.1) is 5.69 Å². The largest absolute Gasteiger partial charge is 0.308 e. The van der Waals surface area contributed by atoms with Crippen LogP contribution in [0.3, 0.4) is 0 Å². The summed E-state index contributed by atoms with van der Waals surface area (Å²) in [7, 11) is 0. The predicted molar refractivity (Wildman–Crippen MR) is 68.3 cm³/mol. The molecule has 1 unspecified atom stereocenters. The zero-order valence-corrected chi connectivity index (χ0v) is 10.6. The van der Waals surface area contributed by atoms with E-state index in [1.165, 1.54) is 11.5 Å². The lowest BCUT2D eigenvalue weighted by Gasteiger charge is -2.12. The van der Waals surface area contributed by atoms with Gasteiger partial charge in [-0.15, -0.1) is 0 Å². The van der Waals surface area contributed by atoms with E-state index in [0.717, 1.165) is 17.9 Å². The Morgan fingerprint density at radius 2 is 2.27 bits per heavy atom. The molecule has 2 nitrogen and oxygen atoms in total. The summed E-state index contributed by atoms with van der Waals surface area (Å²) in [6.45, 7) is 7.31. The molecule has 0 aromatic carbocycles. The summed E-state index contributed by atoms with van der Waals surface area (Å²) in [6.07, 6.45) is 0. The number of thioether (sulfide) groups is 1. The van der Waals surface area contributed by atoms with Crippen LogP contribution in [0.25, 0.3) is 0 Å². The zero-order chi connectivity index (χ0) is 11.1. The van der Waals surface area contributed by atoms with Gasteiger partial charge < -0.3 is 5.32 Å². The van der Waals surface area contributed by atoms with Crippen LogP contribution >= 0.6 is 11.8 Å². The van der Waals surface area contributed by atoms with Gasteiger partial charge in [-0.25, -0.2) is 0 Å². The van der Waals surface area contributed by atoms with Gasteiger partial charge in [-0.1, -0.05) is 13.0 Å². The normalized spacial score (nSPS) is 12.7. The van der Waals surface area contributed by atoms with Crippen molar-refractivity contribution in [1.82, 2.24) is 10.3 Å². The van der Waals surface area contributed by atoms with E-state index in [4.69, 9.17) is 0 Å². The molecule has 1 N–H and O–H groups in total. The highest BCUT2D eigenvalue weighted by molar-refractivity contribution is 7.99. The van der Waals surface area contributed by atoms with Gasteiger partial charge in [-0.05, 0) is 31.7 Å². The van der Waals surface area contributed by atoms with Gasteiger partial charge in [0, 0.05) is 24.0 Å². The second kappa shape index (κ2) is 6.85. The van der Waals surface area contributed by atoms with Crippen molar-refractivity contribution in [2.75, 3.05) is 11.5 Å². The highest BCUT2D eigenvalue weighted by atomic mass is 32.2. The van der Waals surface area contributed by atoms with E-state index in [2.05, 4.69) is 36.3 Å². The lowest BCUT2D eigenvalue weighted by molar-refractivity contribution is 0.587. The number of aromatic nitrogens is 1. The van der Waals surface area contributed by atoms with Crippen LogP contribution in [0, 0.1) is 6.92 Å². The molecule has 0 aliphatic carbocycles. The van der Waals surface area contributed by atoms with E-state index in [0.29, 0.717) is 6.04 Å². The van der Waals surface area contributed by atoms with Gasteiger partial charge in [0.25, 0.3) is 0 Å². The van der Waals surface area contributed by atoms with Gasteiger partial charge in [0.2, 0.25) is 0 Å². The first kappa shape index (κ1) is 12.5. The standard InChI is InChI=1S/C12H20N2S/c1-4-15-9-11(3)13-8-12-7-5-6-10(2)14-12/h5-7,11,13H,4,8-9H2,1-3H3. The fourth-order valence-corrected chi connectivity index (χ4v) is 2.04. The van der Waals surface area contributed by atoms with E-state index in [1.807, 2.05) is 24.8 Å². The molecular formula is C12H20N2S. The minimum atomic E-state index is 0.553. The number of nitrogens with zero attached hydrogens (tertiary/aromatic N) is 1. The maximum absolute atomic E-state index is 4.46. The van der Waals surface area contributed by atoms with Crippen molar-refractivity contribution in [1.29, 1.82) is 0 Å². The monoisotopic (exact) mass is 224 g/mol. The lowest BCUT2D eigenvalue weighted by Crippen LogP contribution is -2.28. The molecule has 0 aliphatic rings. The highest BCUT2D eigenvalue weighted by Gasteiger charge is 2.01. The fraction of sp³-hybridized carbons (Fsp3) is 0.583. The number of pyridine rings is 1. The van der Waals surface area contributed by atoms with Crippen molar-refractivity contribution < 1.29 is 0 Å². The van der Waals surface area contributed by atoms with Crippen molar-refractivity contribution >= 4 is 11.8 Å². The molecule has 0 amide bonds. The summed E-state index contributed by atoms with van der Waals surface area (Å²) in [5, 5.41) is 3.48. The molecule has 0 bridgehead atoms. The number of hydrogen-bond acceptors (Lipinski definition) is 3. The smallest absolute Gasteiger partial charge is 0.0544 e. The summed E-state index contributed by atoms with van der Waals surface area (Å²) in [5.74, 6) is 2.36. The molecule has 1 atom stereocenters. The highest BCUT2D eigenvalue weighted by Crippen LogP contribution is 2.03. The molecule has 0 spiro atoms. The average molecular weight is 224 g/mol. The molecule has 0 saturated heterocycles. The quantitative estimate of drug-likeness (QED) is 0.804. The van der Waals surface area contributed by atoms with Gasteiger partial charge in [-0.2, -0.15) is 11.8 Å². The molecule has 3 heteroatoms. The van der Waals surface area contributed by atoms with Crippen molar-refractivity contribution in [2.24, 2.45) is 0 Å². The first-order chi connectivity index (χ1) is 7.22. The summed E-state index contributed by atoms with van der Waals surface area (Å²) >= 11 is 1.97. The first-order valence-corrected chi connectivity index (χ1v) is 6.61. The van der Waals surface area contributed by atoms with Crippen LogP contribution in [-0.4, -0.2) is 22.5 Å². The third kappa shape index (κ3) is 5.19. The topological polar surface area (TPSA) is 24.9 Å². The van der Waals surface area contributed by atoms with E-state index < -0.39 is 0 Å². The molecule has 15 heavy (non-hydrogen) atoms. The first-order valence-electron chi connectivity index (χ1n) is 5.46. The Balaban J connectivity index is 2.30. The van der Waals surface area contributed by atoms with E-state index in [1.54, 1.807) is 0 Å². The predicted octanol–water partition coefficient (Wildman–Crippen LogP) is 2.62. The van der Waals surface area contributed by atoms with Crippen LogP contribution in [0.4, 0.5) is 0 Å². The van der Waals surface area contributed by atoms with Gasteiger partial charge in [0.15, 0.2) is 0 Å². The molecule has 1 heterocycles. The molecule has 0 fully saturated rings. The van der Waals surface area contributed by atoms with Gasteiger partial charge in [0.1, 0.15) is 0 Å². The third-order valence-electron chi connectivity index (χ3n) is 2.15. The molecule has 0 aliphatic heterocycles. The molecule has 84 valence electrons. The van der Waals surface area contributed by atoms with Crippen LogP contribution in [0.5, 0.6) is 0 Å². The van der Waals surface area contributed by atoms with Crippen molar-refractivity contribution in [3.63, 3.8) is 0 Å². The number of aryl methyl sites for hydroxylation is 1. The zero-order valence-electron chi connectivity index (χ0n) is 9.79. The average Bonchev–Trinajstić information content (AvgIpc) is 2.23. The minimum absolute atomic E-state index is 0.553. The Bertz CT molecular complexity index is 289. The number of hydrogen-bond donors (Lipinski definition) is 1. The summed E-state index contributed by atoms with van der Waals surface area (Å²) in [6, 6.07) is 6.71. The number of nitrogens with one attached hydrogen (secondary N) is 1. The summed E-state index contributed by atoms with van der Waals surface area (Å²) < 4.78 is 0. The molecule has 1 aromatic heterocycles. The van der Waals surface area contributed by atoms with Crippen LogP contribution < -0.4 is 5.32 Å². The van der Waals surface area contributed by atoms with Crippen molar-refractivity contribution in [2.45, 2.75) is 33.4 Å². The van der Waals surface area contributed by atoms with E-state index >= 15 is 0 Å². The molecule has 1 aromatic rings. The summed E-state index contributed by atoms with van der Waals surface area (Å²) in [4.78, 5) is 4.46. The van der Waals surface area contributed by atoms with Crippen molar-refractivity contribution in [3.05, 3.63) is 29.6 Å². The maximum Gasteiger partial charge on any atom is 0.0544 e. The van der Waals surface area contributed by atoms with Crippen LogP contribution in [0.2, 0.25) is 0 Å². The van der Waals surface area contributed by atoms with Gasteiger partial charge in [-0.3, -0.25) is 4.98 Å². The number of rotatable bonds is 6. The Morgan fingerprint density at radius 3 is 2.93 bits per heavy atom. The Hall–Kier alpha value is -0.540. The Kier molecular flexibility index (Phi) is 5.73. The minimum Gasteiger partial charge on any atom is -0.308 e. The second-order valence-electron chi connectivity index (χ2n) is 3.71. The summed E-state index contributed by atoms with van der Waals surface area (Å²) in [5.41, 5.74) is 2.22.